The highest BCUT2D eigenvalue weighted by Crippen LogP contribution is 2.26. The Bertz CT molecular complexity index is 943. The quantitative estimate of drug-likeness (QED) is 0.440. The number of allylic oxidation sites excluding steroid dienone is 1. The van der Waals surface area contributed by atoms with Crippen LogP contribution in [0.3, 0.4) is 0 Å². The number of para-hydroxylation sites is 2. The smallest absolute Gasteiger partial charge is 0.234 e. The summed E-state index contributed by atoms with van der Waals surface area (Å²) in [4.78, 5) is 16.5. The summed E-state index contributed by atoms with van der Waals surface area (Å²) in [7, 11) is 0. The molecule has 2 aromatic heterocycles. The van der Waals surface area contributed by atoms with Crippen molar-refractivity contribution in [3.05, 3.63) is 61.4 Å². The van der Waals surface area contributed by atoms with Gasteiger partial charge in [0.2, 0.25) is 5.91 Å². The van der Waals surface area contributed by atoms with Crippen molar-refractivity contribution in [1.82, 2.24) is 19.7 Å². The topological polar surface area (TPSA) is 81.9 Å². The summed E-state index contributed by atoms with van der Waals surface area (Å²) in [6.07, 6.45) is 5.21. The molecule has 1 amide bonds. The van der Waals surface area contributed by atoms with Crippen molar-refractivity contribution in [3.8, 4) is 17.1 Å². The van der Waals surface area contributed by atoms with Crippen LogP contribution in [0, 0.1) is 0 Å². The van der Waals surface area contributed by atoms with Crippen LogP contribution in [-0.4, -0.2) is 38.0 Å². The lowest BCUT2D eigenvalue weighted by Crippen LogP contribution is -2.15. The molecule has 0 aliphatic heterocycles. The van der Waals surface area contributed by atoms with Gasteiger partial charge < -0.3 is 10.1 Å². The van der Waals surface area contributed by atoms with Gasteiger partial charge in [0.15, 0.2) is 11.0 Å². The van der Waals surface area contributed by atoms with Crippen molar-refractivity contribution < 1.29 is 9.53 Å². The summed E-state index contributed by atoms with van der Waals surface area (Å²) >= 11 is 1.32. The molecule has 0 radical (unpaired) electrons. The van der Waals surface area contributed by atoms with E-state index in [0.29, 0.717) is 35.6 Å². The van der Waals surface area contributed by atoms with Crippen LogP contribution < -0.4 is 10.1 Å². The summed E-state index contributed by atoms with van der Waals surface area (Å²) in [5.74, 6) is 1.39. The monoisotopic (exact) mass is 395 g/mol. The summed E-state index contributed by atoms with van der Waals surface area (Å²) in [6, 6.07) is 11.1. The predicted molar refractivity (Wildman–Crippen MR) is 110 cm³/mol. The molecule has 7 nitrogen and oxygen atoms in total. The molecule has 0 saturated heterocycles. The fourth-order valence-corrected chi connectivity index (χ4v) is 3.31. The minimum atomic E-state index is -0.145. The summed E-state index contributed by atoms with van der Waals surface area (Å²) < 4.78 is 7.45. The van der Waals surface area contributed by atoms with E-state index in [-0.39, 0.29) is 11.7 Å². The van der Waals surface area contributed by atoms with Crippen molar-refractivity contribution in [3.63, 3.8) is 0 Å². The maximum atomic E-state index is 12.4. The molecular weight excluding hydrogens is 374 g/mol. The lowest BCUT2D eigenvalue weighted by atomic mass is 10.3. The number of ether oxygens (including phenoxy) is 1. The Morgan fingerprint density at radius 1 is 1.29 bits per heavy atom. The van der Waals surface area contributed by atoms with Crippen LogP contribution in [0.5, 0.6) is 5.75 Å². The van der Waals surface area contributed by atoms with E-state index in [1.54, 1.807) is 18.5 Å². The van der Waals surface area contributed by atoms with Crippen molar-refractivity contribution in [1.29, 1.82) is 0 Å². The number of nitrogens with zero attached hydrogens (tertiary/aromatic N) is 4. The number of benzene rings is 1. The predicted octanol–water partition coefficient (Wildman–Crippen LogP) is 3.66. The zero-order valence-electron chi connectivity index (χ0n) is 15.5. The van der Waals surface area contributed by atoms with Crippen LogP contribution in [0.25, 0.3) is 11.4 Å². The van der Waals surface area contributed by atoms with Gasteiger partial charge in [0.1, 0.15) is 5.75 Å². The third kappa shape index (κ3) is 4.77. The number of hydrogen-bond acceptors (Lipinski definition) is 6. The van der Waals surface area contributed by atoms with Gasteiger partial charge in [-0.15, -0.1) is 16.8 Å². The van der Waals surface area contributed by atoms with Crippen LogP contribution in [0.2, 0.25) is 0 Å². The Morgan fingerprint density at radius 2 is 2.14 bits per heavy atom. The zero-order chi connectivity index (χ0) is 19.8. The number of thioether (sulfide) groups is 1. The van der Waals surface area contributed by atoms with Gasteiger partial charge in [0.25, 0.3) is 0 Å². The van der Waals surface area contributed by atoms with E-state index < -0.39 is 0 Å². The molecule has 144 valence electrons. The second-order valence-corrected chi connectivity index (χ2v) is 6.66. The number of anilines is 1. The van der Waals surface area contributed by atoms with Crippen molar-refractivity contribution in [2.45, 2.75) is 18.6 Å². The first kappa shape index (κ1) is 19.6. The molecule has 1 aromatic carbocycles. The normalized spacial score (nSPS) is 10.5. The molecular formula is C20H21N5O2S. The molecule has 0 unspecified atom stereocenters. The lowest BCUT2D eigenvalue weighted by molar-refractivity contribution is -0.113. The molecule has 0 aliphatic rings. The highest BCUT2D eigenvalue weighted by molar-refractivity contribution is 7.99. The van der Waals surface area contributed by atoms with Gasteiger partial charge in [-0.25, -0.2) is 0 Å². The Kier molecular flexibility index (Phi) is 6.80. The minimum absolute atomic E-state index is 0.145. The van der Waals surface area contributed by atoms with E-state index in [4.69, 9.17) is 4.74 Å². The molecule has 28 heavy (non-hydrogen) atoms. The molecule has 0 spiro atoms. The van der Waals surface area contributed by atoms with E-state index in [0.717, 1.165) is 5.56 Å². The minimum Gasteiger partial charge on any atom is -0.492 e. The molecule has 3 aromatic rings. The first-order valence-corrected chi connectivity index (χ1v) is 9.80. The fourth-order valence-electron chi connectivity index (χ4n) is 2.57. The van der Waals surface area contributed by atoms with Crippen LogP contribution in [-0.2, 0) is 11.3 Å². The molecule has 2 heterocycles. The van der Waals surface area contributed by atoms with Gasteiger partial charge in [-0.05, 0) is 31.2 Å². The second-order valence-electron chi connectivity index (χ2n) is 5.71. The Labute approximate surface area is 167 Å². The number of carbonyl (C=O) groups is 1. The number of pyridine rings is 1. The van der Waals surface area contributed by atoms with E-state index in [9.17, 15) is 4.79 Å². The average molecular weight is 395 g/mol. The van der Waals surface area contributed by atoms with E-state index in [2.05, 4.69) is 27.1 Å². The molecule has 0 bridgehead atoms. The molecule has 0 atom stereocenters. The third-order valence-corrected chi connectivity index (χ3v) is 4.71. The molecule has 0 aliphatic carbocycles. The fraction of sp³-hybridized carbons (Fsp3) is 0.200. The maximum absolute atomic E-state index is 12.4. The highest BCUT2D eigenvalue weighted by atomic mass is 32.2. The van der Waals surface area contributed by atoms with Gasteiger partial charge in [-0.2, -0.15) is 0 Å². The highest BCUT2D eigenvalue weighted by Gasteiger charge is 2.15. The van der Waals surface area contributed by atoms with Crippen LogP contribution in [0.1, 0.15) is 6.92 Å². The Morgan fingerprint density at radius 3 is 2.89 bits per heavy atom. The number of rotatable bonds is 9. The Hall–Kier alpha value is -3.13. The van der Waals surface area contributed by atoms with Gasteiger partial charge >= 0.3 is 0 Å². The molecule has 0 fully saturated rings. The van der Waals surface area contributed by atoms with Gasteiger partial charge in [0.05, 0.1) is 18.0 Å². The summed E-state index contributed by atoms with van der Waals surface area (Å²) in [5, 5.41) is 12.0. The molecule has 0 saturated carbocycles. The largest absolute Gasteiger partial charge is 0.492 e. The van der Waals surface area contributed by atoms with Crippen molar-refractivity contribution in [2.24, 2.45) is 0 Å². The van der Waals surface area contributed by atoms with E-state index in [1.807, 2.05) is 47.9 Å². The number of nitrogens with one attached hydrogen (secondary N) is 1. The first-order valence-electron chi connectivity index (χ1n) is 8.82. The molecule has 1 N–H and O–H groups in total. The van der Waals surface area contributed by atoms with Crippen LogP contribution in [0.4, 0.5) is 5.69 Å². The third-order valence-electron chi connectivity index (χ3n) is 3.74. The number of amides is 1. The number of aromatic nitrogens is 4. The van der Waals surface area contributed by atoms with Gasteiger partial charge in [-0.3, -0.25) is 14.3 Å². The number of carbonyl (C=O) groups excluding carboxylic acids is 1. The van der Waals surface area contributed by atoms with E-state index in [1.165, 1.54) is 11.8 Å². The first-order chi connectivity index (χ1) is 13.7. The Balaban J connectivity index is 1.70. The molecule has 8 heteroatoms. The van der Waals surface area contributed by atoms with Gasteiger partial charge in [-0.1, -0.05) is 30.0 Å². The van der Waals surface area contributed by atoms with E-state index >= 15 is 0 Å². The van der Waals surface area contributed by atoms with Crippen molar-refractivity contribution >= 4 is 23.4 Å². The van der Waals surface area contributed by atoms with Gasteiger partial charge in [0, 0.05) is 24.5 Å². The summed E-state index contributed by atoms with van der Waals surface area (Å²) in [6.45, 7) is 6.77. The maximum Gasteiger partial charge on any atom is 0.234 e. The summed E-state index contributed by atoms with van der Waals surface area (Å²) in [5.41, 5.74) is 1.51. The van der Waals surface area contributed by atoms with Crippen molar-refractivity contribution in [2.75, 3.05) is 17.7 Å². The number of hydrogen-bond donors (Lipinski definition) is 1. The molecule has 3 rings (SSSR count). The zero-order valence-corrected chi connectivity index (χ0v) is 16.4. The standard InChI is InChI=1S/C20H21N5O2S/c1-3-12-25-19(15-8-7-11-21-13-15)23-24-20(25)28-14-18(26)22-16-9-5-6-10-17(16)27-4-2/h3,5-11,13H,1,4,12,14H2,2H3,(H,22,26). The van der Waals surface area contributed by atoms with Crippen LogP contribution in [0.15, 0.2) is 66.6 Å². The second kappa shape index (κ2) is 9.70. The lowest BCUT2D eigenvalue weighted by Gasteiger charge is -2.11. The SMILES string of the molecule is C=CCn1c(SCC(=O)Nc2ccccc2OCC)nnc1-c1cccnc1. The van der Waals surface area contributed by atoms with Crippen LogP contribution >= 0.6 is 11.8 Å². The average Bonchev–Trinajstić information content (AvgIpc) is 3.12.